The Balaban J connectivity index is 1.47. The number of nitrogens with zero attached hydrogens (tertiary/aromatic N) is 1. The van der Waals surface area contributed by atoms with Crippen LogP contribution in [-0.2, 0) is 14.8 Å². The van der Waals surface area contributed by atoms with Crippen molar-refractivity contribution in [2.45, 2.75) is 17.1 Å². The minimum absolute atomic E-state index is 0.138. The van der Waals surface area contributed by atoms with Crippen molar-refractivity contribution in [1.29, 1.82) is 0 Å². The van der Waals surface area contributed by atoms with Crippen molar-refractivity contribution in [2.24, 2.45) is 5.92 Å². The summed E-state index contributed by atoms with van der Waals surface area (Å²) in [7, 11) is -3.51. The Morgan fingerprint density at radius 3 is 2.78 bits per heavy atom. The predicted molar refractivity (Wildman–Crippen MR) is 106 cm³/mol. The van der Waals surface area contributed by atoms with E-state index in [1.54, 1.807) is 41.8 Å². The second-order valence-electron chi connectivity index (χ2n) is 6.23. The number of hydrogen-bond donors (Lipinski definition) is 1. The van der Waals surface area contributed by atoms with Gasteiger partial charge in [0.25, 0.3) is 10.0 Å². The average molecular weight is 429 g/mol. The standard InChI is InChI=1S/C18H21ClN2O4S2/c19-15-5-7-16(8-6-15)25-11-9-20-18(22)14-3-1-10-21(13-14)27(23,24)17-4-2-12-26-17/h2,4-8,12,14H,1,3,9-11,13H2,(H,20,22)/t14-/m0/s1. The first-order valence-corrected chi connectivity index (χ1v) is 11.4. The SMILES string of the molecule is O=C(NCCOc1ccc(Cl)cc1)[C@H]1CCCN(S(=O)(=O)c2cccs2)C1. The molecule has 1 atom stereocenters. The maximum Gasteiger partial charge on any atom is 0.252 e. The first-order chi connectivity index (χ1) is 13.0. The van der Waals surface area contributed by atoms with Crippen LogP contribution < -0.4 is 10.1 Å². The van der Waals surface area contributed by atoms with Gasteiger partial charge in [-0.3, -0.25) is 4.79 Å². The van der Waals surface area contributed by atoms with Crippen LogP contribution in [0.2, 0.25) is 5.02 Å². The number of piperidine rings is 1. The molecular formula is C18H21ClN2O4S2. The van der Waals surface area contributed by atoms with Crippen molar-refractivity contribution in [3.8, 4) is 5.75 Å². The van der Waals surface area contributed by atoms with Crippen LogP contribution >= 0.6 is 22.9 Å². The van der Waals surface area contributed by atoms with Crippen LogP contribution in [0.4, 0.5) is 0 Å². The molecule has 1 aliphatic rings. The Labute approximate surface area is 168 Å². The summed E-state index contributed by atoms with van der Waals surface area (Å²) in [6.07, 6.45) is 1.35. The van der Waals surface area contributed by atoms with Crippen molar-refractivity contribution in [1.82, 2.24) is 9.62 Å². The third kappa shape index (κ3) is 5.22. The Hall–Kier alpha value is -1.61. The van der Waals surface area contributed by atoms with E-state index < -0.39 is 10.0 Å². The number of ether oxygens (including phenoxy) is 1. The highest BCUT2D eigenvalue weighted by Crippen LogP contribution is 2.26. The van der Waals surface area contributed by atoms with Crippen molar-refractivity contribution >= 4 is 38.9 Å². The molecule has 0 bridgehead atoms. The van der Waals surface area contributed by atoms with Gasteiger partial charge >= 0.3 is 0 Å². The zero-order valence-corrected chi connectivity index (χ0v) is 17.0. The Kier molecular flexibility index (Phi) is 6.75. The van der Waals surface area contributed by atoms with Crippen LogP contribution in [0, 0.1) is 5.92 Å². The zero-order chi connectivity index (χ0) is 19.3. The third-order valence-corrected chi connectivity index (χ3v) is 7.82. The molecule has 1 aromatic carbocycles. The lowest BCUT2D eigenvalue weighted by Crippen LogP contribution is -2.45. The predicted octanol–water partition coefficient (Wildman–Crippen LogP) is 3.00. The molecule has 2 heterocycles. The number of halogens is 1. The molecule has 0 radical (unpaired) electrons. The van der Waals surface area contributed by atoms with E-state index in [-0.39, 0.29) is 18.4 Å². The molecule has 1 amide bonds. The van der Waals surface area contributed by atoms with E-state index in [9.17, 15) is 13.2 Å². The lowest BCUT2D eigenvalue weighted by molar-refractivity contribution is -0.126. The number of carbonyl (C=O) groups is 1. The molecule has 1 aromatic heterocycles. The minimum Gasteiger partial charge on any atom is -0.492 e. The Morgan fingerprint density at radius 1 is 1.30 bits per heavy atom. The number of benzene rings is 1. The molecular weight excluding hydrogens is 408 g/mol. The van der Waals surface area contributed by atoms with Crippen molar-refractivity contribution < 1.29 is 17.9 Å². The number of amides is 1. The molecule has 1 aliphatic heterocycles. The number of thiophene rings is 1. The summed E-state index contributed by atoms with van der Waals surface area (Å²) in [5, 5.41) is 5.20. The van der Waals surface area contributed by atoms with Crippen molar-refractivity contribution in [2.75, 3.05) is 26.2 Å². The molecule has 6 nitrogen and oxygen atoms in total. The normalized spacial score (nSPS) is 18.2. The number of nitrogens with one attached hydrogen (secondary N) is 1. The van der Waals surface area contributed by atoms with Gasteiger partial charge in [0.1, 0.15) is 16.6 Å². The molecule has 0 spiro atoms. The van der Waals surface area contributed by atoms with Crippen LogP contribution in [0.25, 0.3) is 0 Å². The van der Waals surface area contributed by atoms with E-state index in [1.165, 1.54) is 15.6 Å². The topological polar surface area (TPSA) is 75.7 Å². The van der Waals surface area contributed by atoms with E-state index in [4.69, 9.17) is 16.3 Å². The lowest BCUT2D eigenvalue weighted by atomic mass is 9.99. The minimum atomic E-state index is -3.51. The first-order valence-electron chi connectivity index (χ1n) is 8.66. The Bertz CT molecular complexity index is 854. The van der Waals surface area contributed by atoms with E-state index in [0.717, 1.165) is 0 Å². The number of hydrogen-bond acceptors (Lipinski definition) is 5. The maximum atomic E-state index is 12.6. The lowest BCUT2D eigenvalue weighted by Gasteiger charge is -2.30. The molecule has 146 valence electrons. The van der Waals surface area contributed by atoms with Crippen molar-refractivity contribution in [3.05, 3.63) is 46.8 Å². The van der Waals surface area contributed by atoms with Crippen molar-refractivity contribution in [3.63, 3.8) is 0 Å². The number of sulfonamides is 1. The van der Waals surface area contributed by atoms with Gasteiger partial charge in [-0.25, -0.2) is 8.42 Å². The quantitative estimate of drug-likeness (QED) is 0.688. The fraction of sp³-hybridized carbons (Fsp3) is 0.389. The second-order valence-corrected chi connectivity index (χ2v) is 9.78. The van der Waals surface area contributed by atoms with Gasteiger partial charge in [0.2, 0.25) is 5.91 Å². The largest absolute Gasteiger partial charge is 0.492 e. The average Bonchev–Trinajstić information content (AvgIpc) is 3.22. The van der Waals surface area contributed by atoms with Gasteiger partial charge in [-0.05, 0) is 48.6 Å². The van der Waals surface area contributed by atoms with Crippen LogP contribution in [0.5, 0.6) is 5.75 Å². The zero-order valence-electron chi connectivity index (χ0n) is 14.6. The molecule has 9 heteroatoms. The highest BCUT2D eigenvalue weighted by Gasteiger charge is 2.33. The second kappa shape index (κ2) is 9.05. The summed E-state index contributed by atoms with van der Waals surface area (Å²) >= 11 is 7.01. The van der Waals surface area contributed by atoms with Gasteiger partial charge < -0.3 is 10.1 Å². The summed E-state index contributed by atoms with van der Waals surface area (Å²) in [6.45, 7) is 1.35. The van der Waals surface area contributed by atoms with Crippen LogP contribution in [0.1, 0.15) is 12.8 Å². The molecule has 1 fully saturated rings. The highest BCUT2D eigenvalue weighted by molar-refractivity contribution is 7.91. The first kappa shape index (κ1) is 20.1. The van der Waals surface area contributed by atoms with Crippen LogP contribution in [0.15, 0.2) is 46.0 Å². The van der Waals surface area contributed by atoms with Gasteiger partial charge in [-0.1, -0.05) is 17.7 Å². The molecule has 2 aromatic rings. The molecule has 0 unspecified atom stereocenters. The fourth-order valence-corrected chi connectivity index (χ4v) is 5.72. The smallest absolute Gasteiger partial charge is 0.252 e. The summed E-state index contributed by atoms with van der Waals surface area (Å²) in [6, 6.07) is 10.3. The number of rotatable bonds is 7. The summed E-state index contributed by atoms with van der Waals surface area (Å²) in [5.41, 5.74) is 0. The molecule has 1 N–H and O–H groups in total. The van der Waals surface area contributed by atoms with E-state index in [1.807, 2.05) is 0 Å². The van der Waals surface area contributed by atoms with E-state index in [2.05, 4.69) is 5.32 Å². The maximum absolute atomic E-state index is 12.6. The van der Waals surface area contributed by atoms with Crippen LogP contribution in [0.3, 0.4) is 0 Å². The highest BCUT2D eigenvalue weighted by atomic mass is 35.5. The molecule has 0 aliphatic carbocycles. The van der Waals surface area contributed by atoms with E-state index in [0.29, 0.717) is 47.5 Å². The van der Waals surface area contributed by atoms with Gasteiger partial charge in [-0.2, -0.15) is 4.31 Å². The Morgan fingerprint density at radius 2 is 2.07 bits per heavy atom. The summed E-state index contributed by atoms with van der Waals surface area (Å²) in [5.74, 6) is 0.198. The number of carbonyl (C=O) groups excluding carboxylic acids is 1. The van der Waals surface area contributed by atoms with Gasteiger partial charge in [-0.15, -0.1) is 11.3 Å². The molecule has 3 rings (SSSR count). The van der Waals surface area contributed by atoms with Gasteiger partial charge in [0, 0.05) is 18.1 Å². The van der Waals surface area contributed by atoms with Gasteiger partial charge in [0.05, 0.1) is 12.5 Å². The third-order valence-electron chi connectivity index (χ3n) is 4.33. The molecule has 1 saturated heterocycles. The molecule has 0 saturated carbocycles. The van der Waals surface area contributed by atoms with Crippen LogP contribution in [-0.4, -0.2) is 44.9 Å². The van der Waals surface area contributed by atoms with Gasteiger partial charge in [0.15, 0.2) is 0 Å². The summed E-state index contributed by atoms with van der Waals surface area (Å²) < 4.78 is 32.5. The monoisotopic (exact) mass is 428 g/mol. The summed E-state index contributed by atoms with van der Waals surface area (Å²) in [4.78, 5) is 12.4. The fourth-order valence-electron chi connectivity index (χ4n) is 2.93. The molecule has 27 heavy (non-hydrogen) atoms. The van der Waals surface area contributed by atoms with E-state index >= 15 is 0 Å².